The molecule has 0 aliphatic carbocycles. The molecule has 4 nitrogen and oxygen atoms in total. The third kappa shape index (κ3) is 2.58. The van der Waals surface area contributed by atoms with Crippen molar-refractivity contribution in [1.29, 1.82) is 0 Å². The number of aromatic carboxylic acids is 1. The van der Waals surface area contributed by atoms with E-state index in [9.17, 15) is 9.90 Å². The number of rotatable bonds is 4. The molecule has 0 amide bonds. The van der Waals surface area contributed by atoms with Gasteiger partial charge in [-0.25, -0.2) is 4.79 Å². The Morgan fingerprint density at radius 3 is 3.00 bits per heavy atom. The van der Waals surface area contributed by atoms with E-state index in [4.69, 9.17) is 0 Å². The summed E-state index contributed by atoms with van der Waals surface area (Å²) in [7, 11) is 0. The molecule has 1 saturated heterocycles. The fraction of sp³-hybridized carbons (Fsp3) is 0.412. The van der Waals surface area contributed by atoms with E-state index >= 15 is 0 Å². The van der Waals surface area contributed by atoms with Gasteiger partial charge >= 0.3 is 5.97 Å². The number of carbonyl (C=O) groups is 1. The molecule has 1 aliphatic rings. The fourth-order valence-electron chi connectivity index (χ4n) is 3.30. The number of benzene rings is 1. The van der Waals surface area contributed by atoms with E-state index in [0.29, 0.717) is 11.5 Å². The molecule has 1 N–H and O–H groups in total. The van der Waals surface area contributed by atoms with Gasteiger partial charge in [-0.15, -0.1) is 0 Å². The summed E-state index contributed by atoms with van der Waals surface area (Å²) in [5, 5.41) is 10.4. The fourth-order valence-corrected chi connectivity index (χ4v) is 3.30. The standard InChI is InChI=1S/C17H20N2O2/c1-2-5-12-8-9-19(11-12)16-13-6-3-4-7-15(13)18-10-14(16)17(20)21/h3-4,6-7,10,12H,2,5,8-9,11H2,1H3,(H,20,21). The molecule has 0 radical (unpaired) electrons. The average molecular weight is 284 g/mol. The van der Waals surface area contributed by atoms with Gasteiger partial charge in [-0.1, -0.05) is 31.5 Å². The number of para-hydroxylation sites is 1. The molecular weight excluding hydrogens is 264 g/mol. The van der Waals surface area contributed by atoms with Crippen LogP contribution in [0.4, 0.5) is 5.69 Å². The normalized spacial score (nSPS) is 18.3. The lowest BCUT2D eigenvalue weighted by atomic mass is 10.0. The summed E-state index contributed by atoms with van der Waals surface area (Å²) >= 11 is 0. The zero-order chi connectivity index (χ0) is 14.8. The monoisotopic (exact) mass is 284 g/mol. The van der Waals surface area contributed by atoms with Gasteiger partial charge in [0, 0.05) is 24.7 Å². The van der Waals surface area contributed by atoms with Gasteiger partial charge in [-0.2, -0.15) is 0 Å². The van der Waals surface area contributed by atoms with Gasteiger partial charge in [0.05, 0.1) is 11.2 Å². The van der Waals surface area contributed by atoms with E-state index in [1.807, 2.05) is 24.3 Å². The van der Waals surface area contributed by atoms with E-state index in [2.05, 4.69) is 16.8 Å². The van der Waals surface area contributed by atoms with Crippen molar-refractivity contribution in [2.24, 2.45) is 5.92 Å². The summed E-state index contributed by atoms with van der Waals surface area (Å²) in [6.07, 6.45) is 5.03. The summed E-state index contributed by atoms with van der Waals surface area (Å²) in [6.45, 7) is 4.08. The Morgan fingerprint density at radius 1 is 1.43 bits per heavy atom. The highest BCUT2D eigenvalue weighted by Gasteiger charge is 2.27. The third-order valence-electron chi connectivity index (χ3n) is 4.28. The van der Waals surface area contributed by atoms with Crippen LogP contribution in [0.25, 0.3) is 10.9 Å². The molecule has 2 heterocycles. The summed E-state index contributed by atoms with van der Waals surface area (Å²) < 4.78 is 0. The molecule has 2 aromatic rings. The minimum Gasteiger partial charge on any atom is -0.478 e. The van der Waals surface area contributed by atoms with Crippen molar-refractivity contribution in [2.45, 2.75) is 26.2 Å². The Balaban J connectivity index is 2.07. The van der Waals surface area contributed by atoms with Crippen LogP contribution in [0, 0.1) is 5.92 Å². The molecule has 3 rings (SSSR count). The Bertz CT molecular complexity index is 669. The highest BCUT2D eigenvalue weighted by molar-refractivity contribution is 6.04. The lowest BCUT2D eigenvalue weighted by Gasteiger charge is -2.22. The number of aromatic nitrogens is 1. The van der Waals surface area contributed by atoms with Crippen LogP contribution in [-0.2, 0) is 0 Å². The predicted molar refractivity (Wildman–Crippen MR) is 83.9 cm³/mol. The molecule has 1 aromatic heterocycles. The molecule has 21 heavy (non-hydrogen) atoms. The van der Waals surface area contributed by atoms with E-state index in [0.717, 1.165) is 36.1 Å². The first kappa shape index (κ1) is 13.9. The summed E-state index contributed by atoms with van der Waals surface area (Å²) in [5.41, 5.74) is 2.01. The van der Waals surface area contributed by atoms with E-state index in [-0.39, 0.29) is 0 Å². The first-order valence-electron chi connectivity index (χ1n) is 7.56. The second-order valence-electron chi connectivity index (χ2n) is 5.73. The minimum atomic E-state index is -0.901. The minimum absolute atomic E-state index is 0.311. The molecule has 1 aromatic carbocycles. The van der Waals surface area contributed by atoms with Crippen molar-refractivity contribution in [3.63, 3.8) is 0 Å². The quantitative estimate of drug-likeness (QED) is 0.932. The Labute approximate surface area is 124 Å². The van der Waals surface area contributed by atoms with Crippen LogP contribution in [0.5, 0.6) is 0 Å². The van der Waals surface area contributed by atoms with Crippen molar-refractivity contribution < 1.29 is 9.90 Å². The van der Waals surface area contributed by atoms with Gasteiger partial charge in [0.25, 0.3) is 0 Å². The van der Waals surface area contributed by atoms with Crippen molar-refractivity contribution in [3.8, 4) is 0 Å². The summed E-state index contributed by atoms with van der Waals surface area (Å²) in [6, 6.07) is 7.78. The zero-order valence-corrected chi connectivity index (χ0v) is 12.2. The highest BCUT2D eigenvalue weighted by Crippen LogP contribution is 2.34. The van der Waals surface area contributed by atoms with Crippen molar-refractivity contribution in [1.82, 2.24) is 4.98 Å². The molecule has 1 fully saturated rings. The lowest BCUT2D eigenvalue weighted by molar-refractivity contribution is 0.0697. The molecule has 110 valence electrons. The molecule has 1 atom stereocenters. The average Bonchev–Trinajstić information content (AvgIpc) is 2.94. The third-order valence-corrected chi connectivity index (χ3v) is 4.28. The number of nitrogens with zero attached hydrogens (tertiary/aromatic N) is 2. The molecule has 1 unspecified atom stereocenters. The second kappa shape index (κ2) is 5.72. The second-order valence-corrected chi connectivity index (χ2v) is 5.73. The van der Waals surface area contributed by atoms with Gasteiger partial charge in [0.15, 0.2) is 0 Å². The maximum absolute atomic E-state index is 11.6. The number of hydrogen-bond acceptors (Lipinski definition) is 3. The summed E-state index contributed by atoms with van der Waals surface area (Å²) in [5.74, 6) is -0.231. The van der Waals surface area contributed by atoms with E-state index in [1.165, 1.54) is 19.0 Å². The zero-order valence-electron chi connectivity index (χ0n) is 12.2. The van der Waals surface area contributed by atoms with Crippen molar-refractivity contribution in [2.75, 3.05) is 18.0 Å². The van der Waals surface area contributed by atoms with Crippen molar-refractivity contribution >= 4 is 22.6 Å². The number of carboxylic acids is 1. The number of pyridine rings is 1. The maximum atomic E-state index is 11.6. The van der Waals surface area contributed by atoms with Crippen LogP contribution < -0.4 is 4.90 Å². The lowest BCUT2D eigenvalue weighted by Crippen LogP contribution is -2.22. The Morgan fingerprint density at radius 2 is 2.24 bits per heavy atom. The molecule has 4 heteroatoms. The first-order chi connectivity index (χ1) is 10.2. The van der Waals surface area contributed by atoms with Gasteiger partial charge in [0.2, 0.25) is 0 Å². The van der Waals surface area contributed by atoms with E-state index < -0.39 is 5.97 Å². The van der Waals surface area contributed by atoms with Crippen LogP contribution in [0.3, 0.4) is 0 Å². The largest absolute Gasteiger partial charge is 0.478 e. The van der Waals surface area contributed by atoms with Crippen LogP contribution in [-0.4, -0.2) is 29.1 Å². The Hall–Kier alpha value is -2.10. The maximum Gasteiger partial charge on any atom is 0.339 e. The SMILES string of the molecule is CCCC1CCN(c2c(C(=O)O)cnc3ccccc23)C1. The number of hydrogen-bond donors (Lipinski definition) is 1. The molecule has 0 bridgehead atoms. The molecular formula is C17H20N2O2. The molecule has 1 aliphatic heterocycles. The molecule has 0 saturated carbocycles. The van der Waals surface area contributed by atoms with E-state index in [1.54, 1.807) is 0 Å². The van der Waals surface area contributed by atoms with Crippen LogP contribution in [0.1, 0.15) is 36.5 Å². The molecule has 0 spiro atoms. The predicted octanol–water partition coefficient (Wildman–Crippen LogP) is 3.56. The smallest absolute Gasteiger partial charge is 0.339 e. The van der Waals surface area contributed by atoms with Crippen LogP contribution in [0.2, 0.25) is 0 Å². The summed E-state index contributed by atoms with van der Waals surface area (Å²) in [4.78, 5) is 18.1. The first-order valence-corrected chi connectivity index (χ1v) is 7.56. The van der Waals surface area contributed by atoms with Crippen LogP contribution >= 0.6 is 0 Å². The van der Waals surface area contributed by atoms with Gasteiger partial charge < -0.3 is 10.0 Å². The highest BCUT2D eigenvalue weighted by atomic mass is 16.4. The van der Waals surface area contributed by atoms with Gasteiger partial charge in [-0.05, 0) is 24.8 Å². The number of anilines is 1. The number of carboxylic acid groups (broad SMARTS) is 1. The van der Waals surface area contributed by atoms with Crippen molar-refractivity contribution in [3.05, 3.63) is 36.0 Å². The Kier molecular flexibility index (Phi) is 3.78. The van der Waals surface area contributed by atoms with Crippen LogP contribution in [0.15, 0.2) is 30.5 Å². The number of fused-ring (bicyclic) bond motifs is 1. The topological polar surface area (TPSA) is 53.4 Å². The van der Waals surface area contributed by atoms with Gasteiger partial charge in [-0.3, -0.25) is 4.98 Å². The van der Waals surface area contributed by atoms with Gasteiger partial charge in [0.1, 0.15) is 5.56 Å².